The van der Waals surface area contributed by atoms with Gasteiger partial charge in [-0.1, -0.05) is 6.07 Å². The molecule has 2 rings (SSSR count). The van der Waals surface area contributed by atoms with Crippen molar-refractivity contribution >= 4 is 11.9 Å². The third-order valence-electron chi connectivity index (χ3n) is 3.37. The van der Waals surface area contributed by atoms with E-state index in [9.17, 15) is 9.59 Å². The Morgan fingerprint density at radius 1 is 1.26 bits per heavy atom. The molecule has 1 unspecified atom stereocenters. The molecule has 0 radical (unpaired) electrons. The fourth-order valence-electron chi connectivity index (χ4n) is 2.27. The molecule has 0 fully saturated rings. The van der Waals surface area contributed by atoms with Crippen LogP contribution in [0.15, 0.2) is 18.2 Å². The Balaban J connectivity index is 2.00. The van der Waals surface area contributed by atoms with E-state index in [1.807, 2.05) is 6.07 Å². The second-order valence-electron chi connectivity index (χ2n) is 5.19. The number of fused-ring (bicyclic) bond motifs is 1. The maximum absolute atomic E-state index is 11.9. The Kier molecular flexibility index (Phi) is 6.22. The van der Waals surface area contributed by atoms with Crippen molar-refractivity contribution in [1.29, 1.82) is 0 Å². The SMILES string of the molecule is CNCC(OC(=O)CCCC(=O)O)c1ccc2c(c1)OCCO2. The van der Waals surface area contributed by atoms with Gasteiger partial charge in [0.2, 0.25) is 0 Å². The summed E-state index contributed by atoms with van der Waals surface area (Å²) in [5.41, 5.74) is 0.801. The normalized spacial score (nSPS) is 14.1. The first-order valence-electron chi connectivity index (χ1n) is 7.55. The lowest BCUT2D eigenvalue weighted by Crippen LogP contribution is -2.23. The summed E-state index contributed by atoms with van der Waals surface area (Å²) in [7, 11) is 1.77. The van der Waals surface area contributed by atoms with Crippen molar-refractivity contribution in [3.8, 4) is 11.5 Å². The fraction of sp³-hybridized carbons (Fsp3) is 0.500. The van der Waals surface area contributed by atoms with Crippen LogP contribution in [0.5, 0.6) is 11.5 Å². The number of ether oxygens (including phenoxy) is 3. The van der Waals surface area contributed by atoms with Gasteiger partial charge in [0.1, 0.15) is 19.3 Å². The molecule has 1 aliphatic rings. The highest BCUT2D eigenvalue weighted by Gasteiger charge is 2.20. The molecule has 7 nitrogen and oxygen atoms in total. The van der Waals surface area contributed by atoms with Crippen LogP contribution in [0.1, 0.15) is 30.9 Å². The third-order valence-corrected chi connectivity index (χ3v) is 3.37. The van der Waals surface area contributed by atoms with Gasteiger partial charge in [-0.3, -0.25) is 9.59 Å². The molecular formula is C16H21NO6. The minimum Gasteiger partial charge on any atom is -0.486 e. The number of hydrogen-bond donors (Lipinski definition) is 2. The molecule has 7 heteroatoms. The number of carboxylic acids is 1. The molecule has 23 heavy (non-hydrogen) atoms. The van der Waals surface area contributed by atoms with Crippen LogP contribution in [0.3, 0.4) is 0 Å². The lowest BCUT2D eigenvalue weighted by atomic mass is 10.1. The molecule has 0 saturated carbocycles. The Hall–Kier alpha value is -2.28. The van der Waals surface area contributed by atoms with Crippen molar-refractivity contribution in [2.24, 2.45) is 0 Å². The van der Waals surface area contributed by atoms with Gasteiger partial charge in [0.25, 0.3) is 0 Å². The largest absolute Gasteiger partial charge is 0.486 e. The minimum absolute atomic E-state index is 0.0458. The minimum atomic E-state index is -0.920. The first kappa shape index (κ1) is 17.1. The maximum Gasteiger partial charge on any atom is 0.306 e. The molecule has 1 aliphatic heterocycles. The molecule has 0 aromatic heterocycles. The number of carbonyl (C=O) groups excluding carboxylic acids is 1. The molecule has 126 valence electrons. The van der Waals surface area contributed by atoms with Crippen LogP contribution in [0.2, 0.25) is 0 Å². The van der Waals surface area contributed by atoms with Gasteiger partial charge in [0.05, 0.1) is 0 Å². The van der Waals surface area contributed by atoms with Crippen LogP contribution in [0.25, 0.3) is 0 Å². The second kappa shape index (κ2) is 8.38. The number of carbonyl (C=O) groups is 2. The van der Waals surface area contributed by atoms with E-state index in [2.05, 4.69) is 5.32 Å². The van der Waals surface area contributed by atoms with Crippen molar-refractivity contribution in [3.05, 3.63) is 23.8 Å². The number of esters is 1. The van der Waals surface area contributed by atoms with Crippen LogP contribution < -0.4 is 14.8 Å². The summed E-state index contributed by atoms with van der Waals surface area (Å²) in [6, 6.07) is 5.44. The van der Waals surface area contributed by atoms with Crippen LogP contribution in [0, 0.1) is 0 Å². The Labute approximate surface area is 134 Å². The van der Waals surface area contributed by atoms with Crippen LogP contribution in [-0.4, -0.2) is 43.9 Å². The zero-order valence-electron chi connectivity index (χ0n) is 13.0. The molecular weight excluding hydrogens is 302 g/mol. The van der Waals surface area contributed by atoms with Crippen molar-refractivity contribution < 1.29 is 28.9 Å². The summed E-state index contributed by atoms with van der Waals surface area (Å²) < 4.78 is 16.5. The van der Waals surface area contributed by atoms with Gasteiger partial charge in [-0.15, -0.1) is 0 Å². The summed E-state index contributed by atoms with van der Waals surface area (Å²) >= 11 is 0. The molecule has 0 spiro atoms. The highest BCUT2D eigenvalue weighted by molar-refractivity contribution is 5.71. The molecule has 2 N–H and O–H groups in total. The maximum atomic E-state index is 11.9. The Morgan fingerprint density at radius 2 is 2.00 bits per heavy atom. The lowest BCUT2D eigenvalue weighted by Gasteiger charge is -2.22. The van der Waals surface area contributed by atoms with Gasteiger partial charge < -0.3 is 24.6 Å². The number of carboxylic acid groups (broad SMARTS) is 1. The number of likely N-dealkylation sites (N-methyl/N-ethyl adjacent to an activating group) is 1. The molecule has 0 bridgehead atoms. The van der Waals surface area contributed by atoms with E-state index in [1.54, 1.807) is 19.2 Å². The highest BCUT2D eigenvalue weighted by Crippen LogP contribution is 2.33. The molecule has 0 saturated heterocycles. The van der Waals surface area contributed by atoms with Crippen molar-refractivity contribution in [2.45, 2.75) is 25.4 Å². The van der Waals surface area contributed by atoms with Crippen LogP contribution in [-0.2, 0) is 14.3 Å². The molecule has 1 aromatic rings. The van der Waals surface area contributed by atoms with Gasteiger partial charge in [-0.25, -0.2) is 0 Å². The topological polar surface area (TPSA) is 94.1 Å². The van der Waals surface area contributed by atoms with E-state index in [1.165, 1.54) is 0 Å². The average molecular weight is 323 g/mol. The number of aliphatic carboxylic acids is 1. The van der Waals surface area contributed by atoms with Gasteiger partial charge >= 0.3 is 11.9 Å². The lowest BCUT2D eigenvalue weighted by molar-refractivity contribution is -0.149. The average Bonchev–Trinajstić information content (AvgIpc) is 2.53. The van der Waals surface area contributed by atoms with Gasteiger partial charge in [-0.05, 0) is 31.2 Å². The van der Waals surface area contributed by atoms with E-state index in [4.69, 9.17) is 19.3 Å². The fourth-order valence-corrected chi connectivity index (χ4v) is 2.27. The van der Waals surface area contributed by atoms with Crippen LogP contribution in [0.4, 0.5) is 0 Å². The smallest absolute Gasteiger partial charge is 0.306 e. The van der Waals surface area contributed by atoms with Gasteiger partial charge in [0, 0.05) is 19.4 Å². The van der Waals surface area contributed by atoms with Crippen molar-refractivity contribution in [1.82, 2.24) is 5.32 Å². The predicted molar refractivity (Wildman–Crippen MR) is 81.7 cm³/mol. The van der Waals surface area contributed by atoms with Gasteiger partial charge in [-0.2, -0.15) is 0 Å². The summed E-state index contributed by atoms with van der Waals surface area (Å²) in [5.74, 6) is -0.0226. The first-order valence-corrected chi connectivity index (χ1v) is 7.55. The van der Waals surface area contributed by atoms with Gasteiger partial charge in [0.15, 0.2) is 11.5 Å². The molecule has 1 atom stereocenters. The summed E-state index contributed by atoms with van der Waals surface area (Å²) in [4.78, 5) is 22.3. The van der Waals surface area contributed by atoms with E-state index >= 15 is 0 Å². The molecule has 0 aliphatic carbocycles. The number of rotatable bonds is 8. The van der Waals surface area contributed by atoms with E-state index < -0.39 is 18.0 Å². The Bertz CT molecular complexity index is 560. The van der Waals surface area contributed by atoms with E-state index in [0.717, 1.165) is 5.56 Å². The zero-order valence-corrected chi connectivity index (χ0v) is 13.0. The quantitative estimate of drug-likeness (QED) is 0.700. The van der Waals surface area contributed by atoms with E-state index in [-0.39, 0.29) is 19.3 Å². The van der Waals surface area contributed by atoms with Crippen LogP contribution >= 0.6 is 0 Å². The van der Waals surface area contributed by atoms with E-state index in [0.29, 0.717) is 31.3 Å². The summed E-state index contributed by atoms with van der Waals surface area (Å²) in [6.07, 6.45) is -0.165. The molecule has 1 heterocycles. The molecule has 0 amide bonds. The van der Waals surface area contributed by atoms with Crippen molar-refractivity contribution in [2.75, 3.05) is 26.8 Å². The zero-order chi connectivity index (χ0) is 16.7. The first-order chi connectivity index (χ1) is 11.1. The Morgan fingerprint density at radius 3 is 2.70 bits per heavy atom. The predicted octanol–water partition coefficient (Wildman–Crippen LogP) is 1.52. The number of hydrogen-bond acceptors (Lipinski definition) is 6. The summed E-state index contributed by atoms with van der Waals surface area (Å²) in [6.45, 7) is 1.46. The molecule has 1 aromatic carbocycles. The highest BCUT2D eigenvalue weighted by atomic mass is 16.6. The van der Waals surface area contributed by atoms with Crippen molar-refractivity contribution in [3.63, 3.8) is 0 Å². The standard InChI is InChI=1S/C16H21NO6/c1-17-10-14(23-16(20)4-2-3-15(18)19)11-5-6-12-13(9-11)22-8-7-21-12/h5-6,9,14,17H,2-4,7-8,10H2,1H3,(H,18,19). The number of nitrogens with one attached hydrogen (secondary N) is 1. The summed E-state index contributed by atoms with van der Waals surface area (Å²) in [5, 5.41) is 11.6. The number of benzene rings is 1. The third kappa shape index (κ3) is 5.14. The monoisotopic (exact) mass is 323 g/mol. The second-order valence-corrected chi connectivity index (χ2v) is 5.19.